The Labute approximate surface area is 274 Å². The molecule has 0 bridgehead atoms. The Morgan fingerprint density at radius 3 is 2.37 bits per heavy atom. The molecule has 2 aromatic heterocycles. The molecule has 0 spiro atoms. The first-order chi connectivity index (χ1) is 21.8. The number of ether oxygens (including phenoxy) is 2. The number of alkyl carbamates (subject to hydrolysis) is 1. The fourth-order valence-corrected chi connectivity index (χ4v) is 9.02. The van der Waals surface area contributed by atoms with Crippen molar-refractivity contribution in [2.45, 2.75) is 126 Å². The van der Waals surface area contributed by atoms with Gasteiger partial charge < -0.3 is 20.1 Å². The van der Waals surface area contributed by atoms with Gasteiger partial charge in [0.25, 0.3) is 0 Å². The fourth-order valence-electron chi connectivity index (χ4n) is 5.86. The first kappa shape index (κ1) is 32.5. The number of anilines is 2. The molecule has 3 aromatic rings. The zero-order valence-corrected chi connectivity index (χ0v) is 28.8. The van der Waals surface area contributed by atoms with Crippen molar-refractivity contribution in [2.24, 2.45) is 0 Å². The van der Waals surface area contributed by atoms with Gasteiger partial charge in [-0.1, -0.05) is 6.07 Å². The van der Waals surface area contributed by atoms with Crippen LogP contribution in [0.5, 0.6) is 0 Å². The summed E-state index contributed by atoms with van der Waals surface area (Å²) in [5.41, 5.74) is 1.59. The topological polar surface area (TPSA) is 148 Å². The van der Waals surface area contributed by atoms with E-state index in [1.54, 1.807) is 17.4 Å². The Kier molecular flexibility index (Phi) is 8.92. The van der Waals surface area contributed by atoms with Crippen molar-refractivity contribution in [3.8, 4) is 10.4 Å². The Hall–Kier alpha value is -3.45. The van der Waals surface area contributed by atoms with E-state index < -0.39 is 21.4 Å². The van der Waals surface area contributed by atoms with Gasteiger partial charge in [-0.3, -0.25) is 0 Å². The normalized spacial score (nSPS) is 21.4. The van der Waals surface area contributed by atoms with Crippen LogP contribution in [0.2, 0.25) is 0 Å². The SMILES string of the molecule is CC(C)OC(=O)NC1CCC(c2ncc(-c3ccc(Nc4cc(C5CC5)n(C(=O)OC(C)(C)C)n4)cc3S(=N)(=O)C3CC3)s2)CC1. The van der Waals surface area contributed by atoms with E-state index in [0.29, 0.717) is 16.4 Å². The Balaban J connectivity index is 1.21. The van der Waals surface area contributed by atoms with Gasteiger partial charge in [-0.2, -0.15) is 4.68 Å². The summed E-state index contributed by atoms with van der Waals surface area (Å²) >= 11 is 1.59. The third-order valence-electron chi connectivity index (χ3n) is 8.40. The highest BCUT2D eigenvalue weighted by atomic mass is 32.2. The van der Waals surface area contributed by atoms with Crippen LogP contribution in [0.3, 0.4) is 0 Å². The van der Waals surface area contributed by atoms with Crippen LogP contribution >= 0.6 is 11.3 Å². The minimum Gasteiger partial charge on any atom is -0.447 e. The van der Waals surface area contributed by atoms with Crippen LogP contribution in [-0.2, 0) is 19.2 Å². The zero-order valence-electron chi connectivity index (χ0n) is 27.1. The summed E-state index contributed by atoms with van der Waals surface area (Å²) in [5, 5.41) is 11.7. The van der Waals surface area contributed by atoms with Gasteiger partial charge >= 0.3 is 12.2 Å². The minimum absolute atomic E-state index is 0.0935. The van der Waals surface area contributed by atoms with Crippen LogP contribution in [0.1, 0.15) is 109 Å². The monoisotopic (exact) mass is 668 g/mol. The maximum atomic E-state index is 13.9. The lowest BCUT2D eigenvalue weighted by molar-refractivity contribution is 0.0509. The molecule has 3 aliphatic rings. The number of aromatic nitrogens is 3. The molecule has 1 unspecified atom stereocenters. The van der Waals surface area contributed by atoms with Gasteiger partial charge in [0.1, 0.15) is 5.60 Å². The summed E-state index contributed by atoms with van der Waals surface area (Å²) in [7, 11) is -3.06. The number of thiazole rings is 1. The standard InChI is InChI=1S/C33H44N6O5S2/c1-19(2)43-31(40)37-22-10-8-21(9-11-22)30-35-18-27(45-30)25-15-12-23(16-28(25)46(34,42)24-13-14-24)36-29-17-26(20-6-7-20)39(38-29)32(41)44-33(3,4)5/h12,15-22,24,34H,6-11,13-14H2,1-5H3,(H,36,38)(H,37,40). The van der Waals surface area contributed by atoms with Gasteiger partial charge in [0, 0.05) is 46.6 Å². The third-order valence-corrected chi connectivity index (χ3v) is 12.0. The van der Waals surface area contributed by atoms with Crippen LogP contribution in [0.4, 0.5) is 21.1 Å². The van der Waals surface area contributed by atoms with Crippen molar-refractivity contribution < 1.29 is 23.3 Å². The molecule has 0 radical (unpaired) electrons. The smallest absolute Gasteiger partial charge is 0.435 e. The van der Waals surface area contributed by atoms with E-state index >= 15 is 0 Å². The summed E-state index contributed by atoms with van der Waals surface area (Å²) in [6.07, 6.45) is 7.88. The molecular formula is C33H44N6O5S2. The zero-order chi connectivity index (χ0) is 32.8. The van der Waals surface area contributed by atoms with E-state index in [0.717, 1.165) is 72.5 Å². The highest BCUT2D eigenvalue weighted by molar-refractivity contribution is 7.93. The average Bonchev–Trinajstić information content (AvgIpc) is 3.91. The second-order valence-electron chi connectivity index (χ2n) is 14.0. The summed E-state index contributed by atoms with van der Waals surface area (Å²) in [4.78, 5) is 31.1. The molecule has 13 heteroatoms. The largest absolute Gasteiger partial charge is 0.447 e. The number of benzene rings is 1. The summed E-state index contributed by atoms with van der Waals surface area (Å²) in [6, 6.07) is 7.59. The van der Waals surface area contributed by atoms with Crippen molar-refractivity contribution in [1.82, 2.24) is 20.1 Å². The molecule has 248 valence electrons. The molecule has 3 saturated carbocycles. The van der Waals surface area contributed by atoms with Crippen LogP contribution in [0, 0.1) is 4.78 Å². The number of nitrogens with zero attached hydrogens (tertiary/aromatic N) is 3. The van der Waals surface area contributed by atoms with Crippen molar-refractivity contribution >= 4 is 44.8 Å². The molecule has 3 fully saturated rings. The number of nitrogens with one attached hydrogen (secondary N) is 3. The molecule has 6 rings (SSSR count). The summed E-state index contributed by atoms with van der Waals surface area (Å²) in [5.74, 6) is 1.05. The Morgan fingerprint density at radius 1 is 1.04 bits per heavy atom. The first-order valence-electron chi connectivity index (χ1n) is 16.2. The summed E-state index contributed by atoms with van der Waals surface area (Å²) in [6.45, 7) is 9.16. The summed E-state index contributed by atoms with van der Waals surface area (Å²) < 4.78 is 35.1. The lowest BCUT2D eigenvalue weighted by Crippen LogP contribution is -2.38. The Bertz CT molecular complexity index is 1710. The van der Waals surface area contributed by atoms with Crippen LogP contribution < -0.4 is 10.6 Å². The van der Waals surface area contributed by atoms with E-state index in [-0.39, 0.29) is 35.3 Å². The van der Waals surface area contributed by atoms with Gasteiger partial charge in [0.15, 0.2) is 5.82 Å². The van der Waals surface area contributed by atoms with Gasteiger partial charge in [-0.25, -0.2) is 23.6 Å². The molecule has 2 heterocycles. The molecule has 11 nitrogen and oxygen atoms in total. The number of hydrogen-bond donors (Lipinski definition) is 3. The van der Waals surface area contributed by atoms with E-state index in [1.165, 1.54) is 4.68 Å². The number of amides is 1. The van der Waals surface area contributed by atoms with E-state index in [4.69, 9.17) is 19.2 Å². The van der Waals surface area contributed by atoms with Gasteiger partial charge in [-0.05, 0) is 98.1 Å². The molecule has 0 aliphatic heterocycles. The number of carbonyl (C=O) groups excluding carboxylic acids is 2. The highest BCUT2D eigenvalue weighted by Crippen LogP contribution is 2.44. The van der Waals surface area contributed by atoms with Crippen molar-refractivity contribution in [1.29, 1.82) is 4.78 Å². The molecule has 3 N–H and O–H groups in total. The fraction of sp³-hybridized carbons (Fsp3) is 0.576. The van der Waals surface area contributed by atoms with Crippen molar-refractivity contribution in [3.05, 3.63) is 41.2 Å². The predicted molar refractivity (Wildman–Crippen MR) is 179 cm³/mol. The lowest BCUT2D eigenvalue weighted by atomic mass is 9.86. The molecular weight excluding hydrogens is 625 g/mol. The minimum atomic E-state index is -3.06. The van der Waals surface area contributed by atoms with Crippen molar-refractivity contribution in [2.75, 3.05) is 5.32 Å². The second-order valence-corrected chi connectivity index (χ2v) is 17.3. The van der Waals surface area contributed by atoms with E-state index in [2.05, 4.69) is 15.7 Å². The van der Waals surface area contributed by atoms with Gasteiger partial charge in [0.05, 0.1) is 36.3 Å². The lowest BCUT2D eigenvalue weighted by Gasteiger charge is -2.28. The van der Waals surface area contributed by atoms with Crippen LogP contribution in [0.25, 0.3) is 10.4 Å². The van der Waals surface area contributed by atoms with Gasteiger partial charge in [-0.15, -0.1) is 16.4 Å². The number of carbonyl (C=O) groups is 2. The van der Waals surface area contributed by atoms with E-state index in [9.17, 15) is 13.8 Å². The Morgan fingerprint density at radius 2 is 1.74 bits per heavy atom. The van der Waals surface area contributed by atoms with E-state index in [1.807, 2.05) is 59.0 Å². The van der Waals surface area contributed by atoms with Gasteiger partial charge in [0.2, 0.25) is 0 Å². The quantitative estimate of drug-likeness (QED) is 0.207. The van der Waals surface area contributed by atoms with Crippen LogP contribution in [0.15, 0.2) is 35.4 Å². The third kappa shape index (κ3) is 7.57. The molecule has 1 atom stereocenters. The maximum absolute atomic E-state index is 13.9. The van der Waals surface area contributed by atoms with Crippen LogP contribution in [-0.4, -0.2) is 54.2 Å². The molecule has 1 amide bonds. The highest BCUT2D eigenvalue weighted by Gasteiger charge is 2.36. The molecule has 1 aromatic carbocycles. The predicted octanol–water partition coefficient (Wildman–Crippen LogP) is 8.14. The molecule has 46 heavy (non-hydrogen) atoms. The number of hydrogen-bond acceptors (Lipinski definition) is 10. The molecule has 3 aliphatic carbocycles. The molecule has 0 saturated heterocycles. The first-order valence-corrected chi connectivity index (χ1v) is 18.7. The van der Waals surface area contributed by atoms with Crippen molar-refractivity contribution in [3.63, 3.8) is 0 Å². The second kappa shape index (κ2) is 12.6. The number of rotatable bonds is 9. The average molecular weight is 669 g/mol. The maximum Gasteiger partial charge on any atom is 0.435 e.